The standard InChI is InChI=1S/C12H15N3O3/c13-8-3-1-2-7(4-8)12(18)15-6-9(16)5-10(15)11(14)17/h1-4,9-10,16H,5-6,13H2,(H2,14,17). The predicted molar refractivity (Wildman–Crippen MR) is 65.5 cm³/mol. The average molecular weight is 249 g/mol. The second-order valence-corrected chi connectivity index (χ2v) is 4.39. The minimum absolute atomic E-state index is 0.112. The highest BCUT2D eigenvalue weighted by Gasteiger charge is 2.38. The van der Waals surface area contributed by atoms with E-state index in [1.165, 1.54) is 11.0 Å². The SMILES string of the molecule is NC(=O)C1CC(O)CN1C(=O)c1cccc(N)c1. The van der Waals surface area contributed by atoms with Gasteiger partial charge >= 0.3 is 0 Å². The van der Waals surface area contributed by atoms with Crippen molar-refractivity contribution < 1.29 is 14.7 Å². The summed E-state index contributed by atoms with van der Waals surface area (Å²) in [4.78, 5) is 24.8. The number of carbonyl (C=O) groups excluding carboxylic acids is 2. The molecule has 1 aromatic rings. The summed E-state index contributed by atoms with van der Waals surface area (Å²) >= 11 is 0. The number of benzene rings is 1. The van der Waals surface area contributed by atoms with Crippen LogP contribution in [-0.4, -0.2) is 40.5 Å². The van der Waals surface area contributed by atoms with Crippen LogP contribution in [0.25, 0.3) is 0 Å². The van der Waals surface area contributed by atoms with Gasteiger partial charge in [-0.05, 0) is 18.2 Å². The molecule has 1 saturated heterocycles. The first-order valence-electron chi connectivity index (χ1n) is 5.63. The van der Waals surface area contributed by atoms with E-state index in [1.807, 2.05) is 0 Å². The second kappa shape index (κ2) is 4.66. The Labute approximate surface area is 104 Å². The second-order valence-electron chi connectivity index (χ2n) is 4.39. The number of rotatable bonds is 2. The van der Waals surface area contributed by atoms with Crippen molar-refractivity contribution in [3.63, 3.8) is 0 Å². The molecular weight excluding hydrogens is 234 g/mol. The zero-order valence-electron chi connectivity index (χ0n) is 9.74. The van der Waals surface area contributed by atoms with Gasteiger partial charge in [0.15, 0.2) is 0 Å². The fourth-order valence-electron chi connectivity index (χ4n) is 2.15. The molecule has 1 fully saturated rings. The lowest BCUT2D eigenvalue weighted by atomic mass is 10.1. The van der Waals surface area contributed by atoms with Crippen LogP contribution in [0.1, 0.15) is 16.8 Å². The van der Waals surface area contributed by atoms with Gasteiger partial charge in [-0.15, -0.1) is 0 Å². The van der Waals surface area contributed by atoms with Crippen molar-refractivity contribution >= 4 is 17.5 Å². The fraction of sp³-hybridized carbons (Fsp3) is 0.333. The molecule has 5 N–H and O–H groups in total. The number of nitrogens with zero attached hydrogens (tertiary/aromatic N) is 1. The first kappa shape index (κ1) is 12.4. The van der Waals surface area contributed by atoms with Crippen LogP contribution in [0.3, 0.4) is 0 Å². The molecule has 2 atom stereocenters. The Morgan fingerprint density at radius 1 is 1.39 bits per heavy atom. The molecule has 0 bridgehead atoms. The largest absolute Gasteiger partial charge is 0.399 e. The number of anilines is 1. The van der Waals surface area contributed by atoms with Gasteiger partial charge in [0.05, 0.1) is 6.10 Å². The van der Waals surface area contributed by atoms with Crippen molar-refractivity contribution in [1.82, 2.24) is 4.90 Å². The van der Waals surface area contributed by atoms with E-state index in [2.05, 4.69) is 0 Å². The van der Waals surface area contributed by atoms with Gasteiger partial charge in [-0.1, -0.05) is 6.07 Å². The highest BCUT2D eigenvalue weighted by Crippen LogP contribution is 2.21. The highest BCUT2D eigenvalue weighted by atomic mass is 16.3. The van der Waals surface area contributed by atoms with E-state index in [0.29, 0.717) is 11.3 Å². The molecule has 6 nitrogen and oxygen atoms in total. The van der Waals surface area contributed by atoms with Gasteiger partial charge in [0.2, 0.25) is 5.91 Å². The summed E-state index contributed by atoms with van der Waals surface area (Å²) in [6.45, 7) is 0.112. The van der Waals surface area contributed by atoms with Crippen LogP contribution in [0.5, 0.6) is 0 Å². The first-order valence-corrected chi connectivity index (χ1v) is 5.63. The zero-order chi connectivity index (χ0) is 13.3. The van der Waals surface area contributed by atoms with E-state index >= 15 is 0 Å². The Hall–Kier alpha value is -2.08. The van der Waals surface area contributed by atoms with Gasteiger partial charge in [0.25, 0.3) is 5.91 Å². The van der Waals surface area contributed by atoms with Crippen LogP contribution in [0, 0.1) is 0 Å². The molecule has 96 valence electrons. The molecule has 0 aliphatic carbocycles. The Morgan fingerprint density at radius 2 is 2.11 bits per heavy atom. The van der Waals surface area contributed by atoms with Crippen molar-refractivity contribution in [3.05, 3.63) is 29.8 Å². The number of nitrogens with two attached hydrogens (primary N) is 2. The molecule has 0 spiro atoms. The van der Waals surface area contributed by atoms with Crippen molar-refractivity contribution in [3.8, 4) is 0 Å². The third-order valence-corrected chi connectivity index (χ3v) is 3.00. The minimum atomic E-state index is -0.756. The summed E-state index contributed by atoms with van der Waals surface area (Å²) in [5.74, 6) is -0.952. The molecule has 0 aromatic heterocycles. The molecule has 2 unspecified atom stereocenters. The lowest BCUT2D eigenvalue weighted by molar-refractivity contribution is -0.121. The fourth-order valence-corrected chi connectivity index (χ4v) is 2.15. The Bertz CT molecular complexity index is 489. The summed E-state index contributed by atoms with van der Waals surface area (Å²) in [6.07, 6.45) is -0.531. The number of primary amides is 1. The normalized spacial score (nSPS) is 23.1. The average Bonchev–Trinajstić information content (AvgIpc) is 2.70. The summed E-state index contributed by atoms with van der Waals surface area (Å²) in [6, 6.07) is 5.72. The van der Waals surface area contributed by atoms with Crippen molar-refractivity contribution in [1.29, 1.82) is 0 Å². The lowest BCUT2D eigenvalue weighted by Crippen LogP contribution is -2.43. The number of likely N-dealkylation sites (tertiary alicyclic amines) is 1. The quantitative estimate of drug-likeness (QED) is 0.604. The molecule has 1 aliphatic heterocycles. The maximum absolute atomic E-state index is 12.2. The van der Waals surface area contributed by atoms with Crippen LogP contribution < -0.4 is 11.5 Å². The molecule has 0 saturated carbocycles. The highest BCUT2D eigenvalue weighted by molar-refractivity contribution is 5.98. The van der Waals surface area contributed by atoms with Gasteiger partial charge in [-0.2, -0.15) is 0 Å². The van der Waals surface area contributed by atoms with Gasteiger partial charge < -0.3 is 21.5 Å². The Balaban J connectivity index is 2.25. The molecule has 1 aliphatic rings. The van der Waals surface area contributed by atoms with Crippen LogP contribution in [0.15, 0.2) is 24.3 Å². The molecule has 1 aromatic carbocycles. The molecule has 1 heterocycles. The molecule has 0 radical (unpaired) electrons. The van der Waals surface area contributed by atoms with E-state index in [9.17, 15) is 14.7 Å². The maximum Gasteiger partial charge on any atom is 0.254 e. The van der Waals surface area contributed by atoms with Crippen molar-refractivity contribution in [2.24, 2.45) is 5.73 Å². The van der Waals surface area contributed by atoms with Gasteiger partial charge in [0.1, 0.15) is 6.04 Å². The first-order chi connectivity index (χ1) is 8.49. The molecule has 6 heteroatoms. The Morgan fingerprint density at radius 3 is 2.72 bits per heavy atom. The minimum Gasteiger partial charge on any atom is -0.399 e. The van der Waals surface area contributed by atoms with Crippen LogP contribution in [0.2, 0.25) is 0 Å². The molecular formula is C12H15N3O3. The summed E-state index contributed by atoms with van der Waals surface area (Å²) in [7, 11) is 0. The molecule has 2 amide bonds. The number of β-amino-alcohol motifs (C(OH)–C–C–N with tert-alkyl or cyclic N) is 1. The number of hydrogen-bond donors (Lipinski definition) is 3. The van der Waals surface area contributed by atoms with E-state index in [-0.39, 0.29) is 18.9 Å². The number of aliphatic hydroxyl groups excluding tert-OH is 1. The van der Waals surface area contributed by atoms with Crippen LogP contribution in [0.4, 0.5) is 5.69 Å². The van der Waals surface area contributed by atoms with Crippen molar-refractivity contribution in [2.75, 3.05) is 12.3 Å². The monoisotopic (exact) mass is 249 g/mol. The third-order valence-electron chi connectivity index (χ3n) is 3.00. The van der Waals surface area contributed by atoms with Gasteiger partial charge in [0, 0.05) is 24.2 Å². The summed E-state index contributed by atoms with van der Waals surface area (Å²) in [5.41, 5.74) is 11.7. The van der Waals surface area contributed by atoms with Gasteiger partial charge in [-0.25, -0.2) is 0 Å². The zero-order valence-corrected chi connectivity index (χ0v) is 9.74. The topological polar surface area (TPSA) is 110 Å². The number of amides is 2. The van der Waals surface area contributed by atoms with E-state index in [4.69, 9.17) is 11.5 Å². The van der Waals surface area contributed by atoms with Crippen molar-refractivity contribution in [2.45, 2.75) is 18.6 Å². The summed E-state index contributed by atoms with van der Waals surface area (Å²) < 4.78 is 0. The molecule has 18 heavy (non-hydrogen) atoms. The molecule has 2 rings (SSSR count). The maximum atomic E-state index is 12.2. The van der Waals surface area contributed by atoms with Crippen LogP contribution >= 0.6 is 0 Å². The lowest BCUT2D eigenvalue weighted by Gasteiger charge is -2.21. The van der Waals surface area contributed by atoms with E-state index < -0.39 is 18.1 Å². The van der Waals surface area contributed by atoms with Crippen LogP contribution in [-0.2, 0) is 4.79 Å². The number of hydrogen-bond acceptors (Lipinski definition) is 4. The third kappa shape index (κ3) is 2.28. The van der Waals surface area contributed by atoms with E-state index in [0.717, 1.165) is 0 Å². The Kier molecular flexibility index (Phi) is 3.20. The summed E-state index contributed by atoms with van der Waals surface area (Å²) in [5, 5.41) is 9.54. The van der Waals surface area contributed by atoms with E-state index in [1.54, 1.807) is 18.2 Å². The number of carbonyl (C=O) groups is 2. The predicted octanol–water partition coefficient (Wildman–Crippen LogP) is -0.670. The smallest absolute Gasteiger partial charge is 0.254 e. The van der Waals surface area contributed by atoms with Gasteiger partial charge in [-0.3, -0.25) is 9.59 Å². The number of aliphatic hydroxyl groups is 1. The number of nitrogen functional groups attached to an aromatic ring is 1.